The molecule has 0 aliphatic carbocycles. The normalized spacial score (nSPS) is 11.5. The van der Waals surface area contributed by atoms with Crippen LogP contribution in [0.2, 0.25) is 5.02 Å². The number of rotatable bonds is 6. The van der Waals surface area contributed by atoms with Crippen LogP contribution in [0.4, 0.5) is 14.5 Å². The van der Waals surface area contributed by atoms with Gasteiger partial charge in [-0.25, -0.2) is 13.8 Å². The van der Waals surface area contributed by atoms with E-state index < -0.39 is 11.8 Å². The maximum Gasteiger partial charge on any atom is 0.276 e. The first-order valence-electron chi connectivity index (χ1n) is 11.3. The molecule has 35 heavy (non-hydrogen) atoms. The number of alkyl halides is 2. The third-order valence-corrected chi connectivity index (χ3v) is 6.49. The Morgan fingerprint density at radius 1 is 1.03 bits per heavy atom. The zero-order chi connectivity index (χ0) is 25.3. The first-order chi connectivity index (χ1) is 16.6. The van der Waals surface area contributed by atoms with Crippen LogP contribution in [0, 0.1) is 20.8 Å². The van der Waals surface area contributed by atoms with E-state index >= 15 is 0 Å². The summed E-state index contributed by atoms with van der Waals surface area (Å²) in [6.07, 6.45) is -0.322. The van der Waals surface area contributed by atoms with Gasteiger partial charge in [0.2, 0.25) is 0 Å². The van der Waals surface area contributed by atoms with Gasteiger partial charge in [-0.15, -0.1) is 0 Å². The molecule has 3 aromatic carbocycles. The minimum absolute atomic E-state index is 0.141. The Morgan fingerprint density at radius 3 is 2.49 bits per heavy atom. The number of aryl methyl sites for hydroxylation is 2. The number of nitrogens with one attached hydrogen (secondary N) is 2. The summed E-state index contributed by atoms with van der Waals surface area (Å²) in [5, 5.41) is 3.32. The first kappa shape index (κ1) is 24.6. The van der Waals surface area contributed by atoms with Gasteiger partial charge in [0.1, 0.15) is 11.5 Å². The number of benzene rings is 3. The average molecular weight is 494 g/mol. The molecule has 2 N–H and O–H groups in total. The Morgan fingerprint density at radius 2 is 1.77 bits per heavy atom. The molecule has 0 saturated carbocycles. The Labute approximate surface area is 208 Å². The zero-order valence-corrected chi connectivity index (χ0v) is 20.7. The molecule has 0 unspecified atom stereocenters. The standard InChI is InChI=1S/C28H26ClF2N3O/c1-5-28(30,31)19-10-8-11-20(15-19)33-27(35)25-18(4)32-26(34-25)22-13-14-23(29)24(17(22)3)21-12-7-6-9-16(21)2/h6-15H,5H2,1-4H3,(H,32,34)(H,33,35). The highest BCUT2D eigenvalue weighted by Crippen LogP contribution is 2.38. The van der Waals surface area contributed by atoms with Gasteiger partial charge < -0.3 is 10.3 Å². The molecule has 180 valence electrons. The van der Waals surface area contributed by atoms with Gasteiger partial charge in [0.25, 0.3) is 11.8 Å². The fourth-order valence-electron chi connectivity index (χ4n) is 4.15. The molecule has 7 heteroatoms. The summed E-state index contributed by atoms with van der Waals surface area (Å²) in [7, 11) is 0. The van der Waals surface area contributed by atoms with Gasteiger partial charge in [-0.1, -0.05) is 54.9 Å². The lowest BCUT2D eigenvalue weighted by Crippen LogP contribution is -2.16. The second-order valence-electron chi connectivity index (χ2n) is 8.56. The van der Waals surface area contributed by atoms with E-state index in [1.165, 1.54) is 25.1 Å². The van der Waals surface area contributed by atoms with E-state index in [0.717, 1.165) is 27.8 Å². The summed E-state index contributed by atoms with van der Waals surface area (Å²) >= 11 is 6.58. The van der Waals surface area contributed by atoms with Crippen LogP contribution in [-0.2, 0) is 5.92 Å². The van der Waals surface area contributed by atoms with Crippen LogP contribution in [0.5, 0.6) is 0 Å². The maximum atomic E-state index is 14.1. The average Bonchev–Trinajstić information content (AvgIpc) is 3.22. The number of aromatic nitrogens is 2. The fourth-order valence-corrected chi connectivity index (χ4v) is 4.45. The smallest absolute Gasteiger partial charge is 0.276 e. The molecule has 4 aromatic rings. The molecule has 4 nitrogen and oxygen atoms in total. The molecule has 0 atom stereocenters. The van der Waals surface area contributed by atoms with E-state index in [1.54, 1.807) is 13.0 Å². The lowest BCUT2D eigenvalue weighted by atomic mass is 9.93. The van der Waals surface area contributed by atoms with Gasteiger partial charge in [0.15, 0.2) is 0 Å². The summed E-state index contributed by atoms with van der Waals surface area (Å²) in [5.74, 6) is -2.91. The van der Waals surface area contributed by atoms with E-state index in [1.807, 2.05) is 50.2 Å². The molecule has 1 amide bonds. The number of anilines is 1. The van der Waals surface area contributed by atoms with E-state index in [-0.39, 0.29) is 23.4 Å². The Kier molecular flexibility index (Phi) is 6.77. The van der Waals surface area contributed by atoms with E-state index in [2.05, 4.69) is 15.3 Å². The number of hydrogen-bond donors (Lipinski definition) is 2. The lowest BCUT2D eigenvalue weighted by molar-refractivity contribution is -0.00824. The van der Waals surface area contributed by atoms with Gasteiger partial charge in [0, 0.05) is 39.5 Å². The van der Waals surface area contributed by atoms with Crippen LogP contribution in [0.25, 0.3) is 22.5 Å². The van der Waals surface area contributed by atoms with Crippen LogP contribution in [0.1, 0.15) is 46.2 Å². The molecule has 0 aliphatic rings. The topological polar surface area (TPSA) is 57.8 Å². The van der Waals surface area contributed by atoms with Crippen molar-refractivity contribution in [2.45, 2.75) is 40.0 Å². The van der Waals surface area contributed by atoms with Crippen molar-refractivity contribution < 1.29 is 13.6 Å². The number of carbonyl (C=O) groups excluding carboxylic acids is 1. The molecule has 0 saturated heterocycles. The molecule has 0 fully saturated rings. The molecule has 0 aliphatic heterocycles. The van der Waals surface area contributed by atoms with Crippen molar-refractivity contribution in [3.05, 3.63) is 93.8 Å². The minimum Gasteiger partial charge on any atom is -0.341 e. The SMILES string of the molecule is CCC(F)(F)c1cccc(NC(=O)c2nc(-c3ccc(Cl)c(-c4ccccc4C)c3C)[nH]c2C)c1. The summed E-state index contributed by atoms with van der Waals surface area (Å²) in [4.78, 5) is 20.7. The monoisotopic (exact) mass is 493 g/mol. The summed E-state index contributed by atoms with van der Waals surface area (Å²) in [6, 6.07) is 17.4. The highest BCUT2D eigenvalue weighted by molar-refractivity contribution is 6.33. The summed E-state index contributed by atoms with van der Waals surface area (Å²) < 4.78 is 28.2. The number of hydrogen-bond acceptors (Lipinski definition) is 2. The van der Waals surface area contributed by atoms with Gasteiger partial charge in [-0.05, 0) is 61.7 Å². The maximum absolute atomic E-state index is 14.1. The van der Waals surface area contributed by atoms with Gasteiger partial charge >= 0.3 is 0 Å². The summed E-state index contributed by atoms with van der Waals surface area (Å²) in [5.41, 5.74) is 5.70. The molecule has 0 bridgehead atoms. The lowest BCUT2D eigenvalue weighted by Gasteiger charge is -2.15. The fraction of sp³-hybridized carbons (Fsp3) is 0.214. The number of aromatic amines is 1. The number of amides is 1. The van der Waals surface area contributed by atoms with Gasteiger partial charge in [-0.3, -0.25) is 4.79 Å². The predicted octanol–water partition coefficient (Wildman–Crippen LogP) is 8.08. The van der Waals surface area contributed by atoms with Crippen LogP contribution < -0.4 is 5.32 Å². The van der Waals surface area contributed by atoms with Crippen LogP contribution in [0.3, 0.4) is 0 Å². The molecular formula is C28H26ClF2N3O. The Hall–Kier alpha value is -3.51. The van der Waals surface area contributed by atoms with Crippen molar-refractivity contribution in [2.24, 2.45) is 0 Å². The number of carbonyl (C=O) groups is 1. The first-order valence-corrected chi connectivity index (χ1v) is 11.7. The van der Waals surface area contributed by atoms with Gasteiger partial charge in [0.05, 0.1) is 0 Å². The van der Waals surface area contributed by atoms with E-state index in [4.69, 9.17) is 11.6 Å². The Balaban J connectivity index is 1.67. The van der Waals surface area contributed by atoms with Crippen molar-refractivity contribution >= 4 is 23.2 Å². The van der Waals surface area contributed by atoms with Crippen molar-refractivity contribution in [1.82, 2.24) is 9.97 Å². The van der Waals surface area contributed by atoms with Crippen molar-refractivity contribution in [3.63, 3.8) is 0 Å². The van der Waals surface area contributed by atoms with E-state index in [9.17, 15) is 13.6 Å². The number of H-pyrrole nitrogens is 1. The zero-order valence-electron chi connectivity index (χ0n) is 20.0. The number of nitrogens with zero attached hydrogens (tertiary/aromatic N) is 1. The number of halogens is 3. The largest absolute Gasteiger partial charge is 0.341 e. The third kappa shape index (κ3) is 4.84. The third-order valence-electron chi connectivity index (χ3n) is 6.17. The predicted molar refractivity (Wildman–Crippen MR) is 137 cm³/mol. The molecule has 4 rings (SSSR count). The van der Waals surface area contributed by atoms with Gasteiger partial charge in [-0.2, -0.15) is 0 Å². The van der Waals surface area contributed by atoms with Crippen molar-refractivity contribution in [2.75, 3.05) is 5.32 Å². The van der Waals surface area contributed by atoms with Crippen molar-refractivity contribution in [1.29, 1.82) is 0 Å². The number of imidazole rings is 1. The quantitative estimate of drug-likeness (QED) is 0.285. The highest BCUT2D eigenvalue weighted by Gasteiger charge is 2.29. The second kappa shape index (κ2) is 9.62. The molecular weight excluding hydrogens is 468 g/mol. The highest BCUT2D eigenvalue weighted by atomic mass is 35.5. The van der Waals surface area contributed by atoms with E-state index in [0.29, 0.717) is 16.5 Å². The molecule has 0 spiro atoms. The minimum atomic E-state index is -2.96. The molecule has 0 radical (unpaired) electrons. The molecule has 1 aromatic heterocycles. The van der Waals surface area contributed by atoms with Crippen LogP contribution in [0.15, 0.2) is 60.7 Å². The van der Waals surface area contributed by atoms with Crippen LogP contribution in [-0.4, -0.2) is 15.9 Å². The van der Waals surface area contributed by atoms with Crippen molar-refractivity contribution in [3.8, 4) is 22.5 Å². The van der Waals surface area contributed by atoms with Crippen LogP contribution >= 0.6 is 11.6 Å². The summed E-state index contributed by atoms with van der Waals surface area (Å²) in [6.45, 7) is 7.17. The second-order valence-corrected chi connectivity index (χ2v) is 8.97. The molecule has 1 heterocycles. The Bertz CT molecular complexity index is 1410.